The molecule has 0 saturated heterocycles. The highest BCUT2D eigenvalue weighted by atomic mass is 32.2. The molecule has 0 bridgehead atoms. The number of rotatable bonds is 7. The molecular weight excluding hydrogens is 346 g/mol. The van der Waals surface area contributed by atoms with Crippen molar-refractivity contribution in [2.24, 2.45) is 4.99 Å². The van der Waals surface area contributed by atoms with E-state index < -0.39 is 9.84 Å². The second kappa shape index (κ2) is 9.38. The highest BCUT2D eigenvalue weighted by molar-refractivity contribution is 7.89. The third kappa shape index (κ3) is 7.27. The fraction of sp³-hybridized carbons (Fsp3) is 0.350. The quantitative estimate of drug-likeness (QED) is 0.578. The van der Waals surface area contributed by atoms with Crippen LogP contribution in [-0.2, 0) is 28.7 Å². The molecule has 2 rings (SSSR count). The minimum Gasteiger partial charge on any atom is -0.357 e. The van der Waals surface area contributed by atoms with E-state index in [0.717, 1.165) is 23.6 Å². The van der Waals surface area contributed by atoms with Gasteiger partial charge in [-0.25, -0.2) is 13.4 Å². The van der Waals surface area contributed by atoms with Crippen molar-refractivity contribution < 1.29 is 8.42 Å². The smallest absolute Gasteiger partial charge is 0.191 e. The Kier molecular flexibility index (Phi) is 7.21. The van der Waals surface area contributed by atoms with Crippen LogP contribution in [-0.4, -0.2) is 27.2 Å². The maximum atomic E-state index is 11.3. The van der Waals surface area contributed by atoms with Crippen LogP contribution in [0.5, 0.6) is 0 Å². The van der Waals surface area contributed by atoms with Crippen molar-refractivity contribution in [3.8, 4) is 0 Å². The largest absolute Gasteiger partial charge is 0.357 e. The number of aryl methyl sites for hydroxylation is 1. The molecule has 0 unspecified atom stereocenters. The van der Waals surface area contributed by atoms with Gasteiger partial charge in [0.25, 0.3) is 0 Å². The summed E-state index contributed by atoms with van der Waals surface area (Å²) >= 11 is 0. The molecule has 2 N–H and O–H groups in total. The van der Waals surface area contributed by atoms with Gasteiger partial charge in [0, 0.05) is 19.3 Å². The van der Waals surface area contributed by atoms with Gasteiger partial charge in [0.05, 0.1) is 12.3 Å². The summed E-state index contributed by atoms with van der Waals surface area (Å²) < 4.78 is 22.7. The Morgan fingerprint density at radius 3 is 2.31 bits per heavy atom. The van der Waals surface area contributed by atoms with Gasteiger partial charge >= 0.3 is 0 Å². The first-order valence-corrected chi connectivity index (χ1v) is 10.7. The number of hydrogen-bond donors (Lipinski definition) is 2. The topological polar surface area (TPSA) is 70.6 Å². The zero-order chi connectivity index (χ0) is 19.0. The SMILES string of the molecule is CCNC(=NCc1cccc(C)c1)NCc1ccc(CS(C)(=O)=O)cc1. The molecule has 0 heterocycles. The van der Waals surface area contributed by atoms with Crippen molar-refractivity contribution in [3.05, 3.63) is 70.8 Å². The molecule has 2 aromatic rings. The van der Waals surface area contributed by atoms with Gasteiger partial charge in [-0.15, -0.1) is 0 Å². The van der Waals surface area contributed by atoms with Crippen LogP contribution in [0.1, 0.15) is 29.2 Å². The van der Waals surface area contributed by atoms with Gasteiger partial charge in [0.15, 0.2) is 15.8 Å². The van der Waals surface area contributed by atoms with Gasteiger partial charge < -0.3 is 10.6 Å². The predicted molar refractivity (Wildman–Crippen MR) is 108 cm³/mol. The summed E-state index contributed by atoms with van der Waals surface area (Å²) in [6, 6.07) is 15.9. The van der Waals surface area contributed by atoms with Crippen molar-refractivity contribution in [2.45, 2.75) is 32.7 Å². The molecule has 0 aromatic heterocycles. The third-order valence-corrected chi connectivity index (χ3v) is 4.62. The lowest BCUT2D eigenvalue weighted by atomic mass is 10.1. The minimum atomic E-state index is -3.00. The molecule has 0 aliphatic heterocycles. The highest BCUT2D eigenvalue weighted by Gasteiger charge is 2.04. The molecule has 0 radical (unpaired) electrons. The van der Waals surface area contributed by atoms with E-state index >= 15 is 0 Å². The fourth-order valence-electron chi connectivity index (χ4n) is 2.56. The molecular formula is C20H27N3O2S. The van der Waals surface area contributed by atoms with Crippen LogP contribution in [0, 0.1) is 6.92 Å². The molecule has 0 atom stereocenters. The minimum absolute atomic E-state index is 0.0707. The predicted octanol–water partition coefficient (Wildman–Crippen LogP) is 2.79. The molecule has 0 aliphatic rings. The Morgan fingerprint density at radius 1 is 1.00 bits per heavy atom. The van der Waals surface area contributed by atoms with E-state index in [1.807, 2.05) is 37.3 Å². The van der Waals surface area contributed by atoms with Gasteiger partial charge in [-0.05, 0) is 30.5 Å². The lowest BCUT2D eigenvalue weighted by Crippen LogP contribution is -2.36. The van der Waals surface area contributed by atoms with Gasteiger partial charge in [-0.2, -0.15) is 0 Å². The van der Waals surface area contributed by atoms with Crippen LogP contribution in [0.3, 0.4) is 0 Å². The summed E-state index contributed by atoms with van der Waals surface area (Å²) in [7, 11) is -3.00. The number of nitrogens with one attached hydrogen (secondary N) is 2. The molecule has 140 valence electrons. The van der Waals surface area contributed by atoms with Crippen molar-refractivity contribution in [3.63, 3.8) is 0 Å². The maximum absolute atomic E-state index is 11.3. The lowest BCUT2D eigenvalue weighted by molar-refractivity contribution is 0.601. The monoisotopic (exact) mass is 373 g/mol. The molecule has 0 saturated carbocycles. The van der Waals surface area contributed by atoms with E-state index in [1.54, 1.807) is 0 Å². The first kappa shape index (κ1) is 20.0. The second-order valence-corrected chi connectivity index (χ2v) is 8.56. The Morgan fingerprint density at radius 2 is 1.69 bits per heavy atom. The van der Waals surface area contributed by atoms with Crippen LogP contribution in [0.15, 0.2) is 53.5 Å². The van der Waals surface area contributed by atoms with Gasteiger partial charge in [0.1, 0.15) is 0 Å². The summed E-state index contributed by atoms with van der Waals surface area (Å²) in [4.78, 5) is 4.62. The van der Waals surface area contributed by atoms with Crippen LogP contribution in [0.4, 0.5) is 0 Å². The summed E-state index contributed by atoms with van der Waals surface area (Å²) in [5.41, 5.74) is 4.27. The van der Waals surface area contributed by atoms with E-state index in [4.69, 9.17) is 0 Å². The first-order valence-electron chi connectivity index (χ1n) is 8.69. The van der Waals surface area contributed by atoms with Crippen LogP contribution in [0.25, 0.3) is 0 Å². The van der Waals surface area contributed by atoms with Crippen LogP contribution < -0.4 is 10.6 Å². The van der Waals surface area contributed by atoms with Gasteiger partial charge in [-0.1, -0.05) is 54.1 Å². The third-order valence-electron chi connectivity index (χ3n) is 3.76. The molecule has 0 fully saturated rings. The van der Waals surface area contributed by atoms with E-state index in [2.05, 4.69) is 40.7 Å². The number of hydrogen-bond acceptors (Lipinski definition) is 3. The number of aliphatic imine (C=N–C) groups is 1. The summed E-state index contributed by atoms with van der Waals surface area (Å²) in [5.74, 6) is 0.829. The average molecular weight is 374 g/mol. The standard InChI is InChI=1S/C20H27N3O2S/c1-4-21-20(23-14-19-7-5-6-16(2)12-19)22-13-17-8-10-18(11-9-17)15-26(3,24)25/h5-12H,4,13-15H2,1-3H3,(H2,21,22,23). The van der Waals surface area contributed by atoms with Crippen molar-refractivity contribution in [2.75, 3.05) is 12.8 Å². The van der Waals surface area contributed by atoms with Gasteiger partial charge in [0.2, 0.25) is 0 Å². The molecule has 2 aromatic carbocycles. The molecule has 0 spiro atoms. The van der Waals surface area contributed by atoms with Crippen LogP contribution in [0.2, 0.25) is 0 Å². The Hall–Kier alpha value is -2.34. The fourth-order valence-corrected chi connectivity index (χ4v) is 3.36. The number of guanidine groups is 1. The maximum Gasteiger partial charge on any atom is 0.191 e. The number of nitrogens with zero attached hydrogens (tertiary/aromatic N) is 1. The Balaban J connectivity index is 1.96. The van der Waals surface area contributed by atoms with Gasteiger partial charge in [-0.3, -0.25) is 0 Å². The lowest BCUT2D eigenvalue weighted by Gasteiger charge is -2.12. The molecule has 0 aliphatic carbocycles. The first-order chi connectivity index (χ1) is 12.4. The Labute approximate surface area is 156 Å². The van der Waals surface area contributed by atoms with E-state index in [9.17, 15) is 8.42 Å². The zero-order valence-electron chi connectivity index (χ0n) is 15.6. The summed E-state index contributed by atoms with van der Waals surface area (Å²) in [5, 5.41) is 6.55. The number of benzene rings is 2. The van der Waals surface area contributed by atoms with E-state index in [1.165, 1.54) is 17.4 Å². The summed E-state index contributed by atoms with van der Waals surface area (Å²) in [6.45, 7) is 6.13. The number of sulfone groups is 1. The van der Waals surface area contributed by atoms with Crippen LogP contribution >= 0.6 is 0 Å². The zero-order valence-corrected chi connectivity index (χ0v) is 16.4. The van der Waals surface area contributed by atoms with Crippen molar-refractivity contribution in [1.82, 2.24) is 10.6 Å². The van der Waals surface area contributed by atoms with E-state index in [-0.39, 0.29) is 5.75 Å². The second-order valence-electron chi connectivity index (χ2n) is 6.42. The molecule has 5 nitrogen and oxygen atoms in total. The summed E-state index contributed by atoms with van der Waals surface area (Å²) in [6.07, 6.45) is 1.25. The van der Waals surface area contributed by atoms with E-state index in [0.29, 0.717) is 13.1 Å². The normalized spacial score (nSPS) is 12.0. The average Bonchev–Trinajstić information content (AvgIpc) is 2.57. The highest BCUT2D eigenvalue weighted by Crippen LogP contribution is 2.08. The molecule has 0 amide bonds. The molecule has 26 heavy (non-hydrogen) atoms. The Bertz CT molecular complexity index is 844. The molecule has 6 heteroatoms. The van der Waals surface area contributed by atoms with Crippen molar-refractivity contribution in [1.29, 1.82) is 0 Å². The van der Waals surface area contributed by atoms with Crippen molar-refractivity contribution >= 4 is 15.8 Å².